The van der Waals surface area contributed by atoms with Crippen LogP contribution in [0.25, 0.3) is 11.2 Å². The summed E-state index contributed by atoms with van der Waals surface area (Å²) in [7, 11) is 1.66. The summed E-state index contributed by atoms with van der Waals surface area (Å²) in [5.74, 6) is 0.754. The van der Waals surface area contributed by atoms with Crippen molar-refractivity contribution >= 4 is 17.1 Å². The lowest BCUT2D eigenvalue weighted by Gasteiger charge is -2.06. The Labute approximate surface area is 152 Å². The van der Waals surface area contributed by atoms with Crippen LogP contribution in [0.4, 0.5) is 0 Å². The van der Waals surface area contributed by atoms with Gasteiger partial charge in [-0.2, -0.15) is 0 Å². The summed E-state index contributed by atoms with van der Waals surface area (Å²) >= 11 is 0. The fourth-order valence-electron chi connectivity index (χ4n) is 3.05. The van der Waals surface area contributed by atoms with E-state index in [9.17, 15) is 4.79 Å². The van der Waals surface area contributed by atoms with Gasteiger partial charge in [0.25, 0.3) is 5.91 Å². The quantitative estimate of drug-likeness (QED) is 0.665. The van der Waals surface area contributed by atoms with Crippen molar-refractivity contribution in [1.29, 1.82) is 0 Å². The summed E-state index contributed by atoms with van der Waals surface area (Å²) in [6, 6.07) is 10.4. The molecule has 1 fully saturated rings. The molecular weight excluding hydrogens is 328 g/mol. The minimum atomic E-state index is -0.102. The van der Waals surface area contributed by atoms with Crippen LogP contribution in [0.15, 0.2) is 42.9 Å². The number of benzene rings is 1. The van der Waals surface area contributed by atoms with Gasteiger partial charge in [-0.15, -0.1) is 0 Å². The Hall–Kier alpha value is -2.89. The predicted molar refractivity (Wildman–Crippen MR) is 99.4 cm³/mol. The Bertz CT molecular complexity index is 913. The maximum absolute atomic E-state index is 12.3. The van der Waals surface area contributed by atoms with E-state index < -0.39 is 0 Å². The van der Waals surface area contributed by atoms with Crippen LogP contribution in [0.3, 0.4) is 0 Å². The maximum Gasteiger partial charge on any atom is 0.252 e. The Morgan fingerprint density at radius 2 is 2.08 bits per heavy atom. The van der Waals surface area contributed by atoms with Crippen LogP contribution in [0.2, 0.25) is 0 Å². The molecule has 0 radical (unpaired) electrons. The third-order valence-corrected chi connectivity index (χ3v) is 4.70. The SMILES string of the molecule is COc1ccc(CCCNC(=O)c2cnc3c(c2)ncn3C2CC2)cc1. The monoisotopic (exact) mass is 350 g/mol. The number of hydrogen-bond acceptors (Lipinski definition) is 4. The second-order valence-corrected chi connectivity index (χ2v) is 6.66. The standard InChI is InChI=1S/C20H22N4O2/c1-26-17-8-4-14(5-9-17)3-2-10-21-20(25)15-11-18-19(22-12-15)24(13-23-18)16-6-7-16/h4-5,8-9,11-13,16H,2-3,6-7,10H2,1H3,(H,21,25). The van der Waals surface area contributed by atoms with Crippen LogP contribution in [-0.2, 0) is 6.42 Å². The number of ether oxygens (including phenoxy) is 1. The highest BCUT2D eigenvalue weighted by Gasteiger charge is 2.25. The minimum Gasteiger partial charge on any atom is -0.497 e. The van der Waals surface area contributed by atoms with Crippen molar-refractivity contribution < 1.29 is 9.53 Å². The number of hydrogen-bond donors (Lipinski definition) is 1. The van der Waals surface area contributed by atoms with Gasteiger partial charge in [0.2, 0.25) is 0 Å². The molecule has 6 heteroatoms. The van der Waals surface area contributed by atoms with Crippen LogP contribution in [0, 0.1) is 0 Å². The average molecular weight is 350 g/mol. The van der Waals surface area contributed by atoms with E-state index in [2.05, 4.69) is 32.0 Å². The molecule has 1 aromatic carbocycles. The number of nitrogens with zero attached hydrogens (tertiary/aromatic N) is 3. The van der Waals surface area contributed by atoms with E-state index in [1.54, 1.807) is 13.3 Å². The molecule has 1 saturated carbocycles. The van der Waals surface area contributed by atoms with Gasteiger partial charge < -0.3 is 14.6 Å². The molecule has 0 atom stereocenters. The largest absolute Gasteiger partial charge is 0.497 e. The lowest BCUT2D eigenvalue weighted by molar-refractivity contribution is 0.0953. The Balaban J connectivity index is 1.30. The highest BCUT2D eigenvalue weighted by atomic mass is 16.5. The third-order valence-electron chi connectivity index (χ3n) is 4.70. The lowest BCUT2D eigenvalue weighted by Crippen LogP contribution is -2.24. The first kappa shape index (κ1) is 16.6. The van der Waals surface area contributed by atoms with Crippen LogP contribution < -0.4 is 10.1 Å². The molecule has 2 heterocycles. The van der Waals surface area contributed by atoms with Crippen LogP contribution in [-0.4, -0.2) is 34.1 Å². The van der Waals surface area contributed by atoms with Gasteiger partial charge in [-0.25, -0.2) is 9.97 Å². The van der Waals surface area contributed by atoms with E-state index in [0.29, 0.717) is 18.2 Å². The summed E-state index contributed by atoms with van der Waals surface area (Å²) in [6.45, 7) is 0.624. The highest BCUT2D eigenvalue weighted by molar-refractivity contribution is 5.96. The number of rotatable bonds is 7. The first-order valence-electron chi connectivity index (χ1n) is 8.98. The summed E-state index contributed by atoms with van der Waals surface area (Å²) in [5.41, 5.74) is 3.43. The summed E-state index contributed by atoms with van der Waals surface area (Å²) in [6.07, 6.45) is 7.62. The first-order chi connectivity index (χ1) is 12.7. The molecular formula is C20H22N4O2. The molecule has 0 bridgehead atoms. The van der Waals surface area contributed by atoms with Gasteiger partial charge in [0, 0.05) is 18.8 Å². The van der Waals surface area contributed by atoms with E-state index in [0.717, 1.165) is 29.8 Å². The van der Waals surface area contributed by atoms with E-state index >= 15 is 0 Å². The normalized spacial score (nSPS) is 13.7. The Kier molecular flexibility index (Phi) is 4.56. The zero-order valence-electron chi connectivity index (χ0n) is 14.8. The summed E-state index contributed by atoms with van der Waals surface area (Å²) in [4.78, 5) is 21.2. The van der Waals surface area contributed by atoms with Gasteiger partial charge in [-0.1, -0.05) is 12.1 Å². The van der Waals surface area contributed by atoms with Gasteiger partial charge in [-0.05, 0) is 49.4 Å². The third kappa shape index (κ3) is 3.54. The molecule has 1 aliphatic carbocycles. The van der Waals surface area contributed by atoms with Crippen molar-refractivity contribution in [2.75, 3.05) is 13.7 Å². The van der Waals surface area contributed by atoms with E-state index in [1.165, 1.54) is 18.4 Å². The molecule has 2 aromatic heterocycles. The first-order valence-corrected chi connectivity index (χ1v) is 8.98. The Morgan fingerprint density at radius 3 is 2.81 bits per heavy atom. The number of nitrogens with one attached hydrogen (secondary N) is 1. The molecule has 134 valence electrons. The van der Waals surface area contributed by atoms with Crippen molar-refractivity contribution in [3.63, 3.8) is 0 Å². The number of imidazole rings is 1. The molecule has 1 aliphatic rings. The molecule has 1 amide bonds. The van der Waals surface area contributed by atoms with E-state index in [4.69, 9.17) is 4.74 Å². The molecule has 0 aliphatic heterocycles. The van der Waals surface area contributed by atoms with Crippen molar-refractivity contribution in [2.45, 2.75) is 31.7 Å². The topological polar surface area (TPSA) is 69.0 Å². The number of methoxy groups -OCH3 is 1. The number of pyridine rings is 1. The fourth-order valence-corrected chi connectivity index (χ4v) is 3.05. The van der Waals surface area contributed by atoms with Gasteiger partial charge in [-0.3, -0.25) is 4.79 Å². The summed E-state index contributed by atoms with van der Waals surface area (Å²) < 4.78 is 7.26. The highest BCUT2D eigenvalue weighted by Crippen LogP contribution is 2.36. The van der Waals surface area contributed by atoms with Crippen molar-refractivity contribution in [3.8, 4) is 5.75 Å². The van der Waals surface area contributed by atoms with Crippen molar-refractivity contribution in [1.82, 2.24) is 19.9 Å². The van der Waals surface area contributed by atoms with E-state index in [-0.39, 0.29) is 5.91 Å². The van der Waals surface area contributed by atoms with Crippen LogP contribution in [0.5, 0.6) is 5.75 Å². The second kappa shape index (κ2) is 7.15. The van der Waals surface area contributed by atoms with Gasteiger partial charge in [0.05, 0.1) is 19.0 Å². The predicted octanol–water partition coefficient (Wildman–Crippen LogP) is 3.14. The molecule has 26 heavy (non-hydrogen) atoms. The lowest BCUT2D eigenvalue weighted by atomic mass is 10.1. The molecule has 6 nitrogen and oxygen atoms in total. The average Bonchev–Trinajstić information content (AvgIpc) is 3.44. The van der Waals surface area contributed by atoms with Crippen molar-refractivity contribution in [2.24, 2.45) is 0 Å². The number of carbonyl (C=O) groups excluding carboxylic acids is 1. The van der Waals surface area contributed by atoms with Crippen LogP contribution >= 0.6 is 0 Å². The number of amides is 1. The van der Waals surface area contributed by atoms with Gasteiger partial charge >= 0.3 is 0 Å². The number of fused-ring (bicyclic) bond motifs is 1. The Morgan fingerprint density at radius 1 is 1.27 bits per heavy atom. The maximum atomic E-state index is 12.3. The second-order valence-electron chi connectivity index (χ2n) is 6.66. The summed E-state index contributed by atoms with van der Waals surface area (Å²) in [5, 5.41) is 2.96. The van der Waals surface area contributed by atoms with Gasteiger partial charge in [0.1, 0.15) is 11.3 Å². The van der Waals surface area contributed by atoms with Crippen LogP contribution in [0.1, 0.15) is 41.2 Å². The van der Waals surface area contributed by atoms with Gasteiger partial charge in [0.15, 0.2) is 5.65 Å². The smallest absolute Gasteiger partial charge is 0.252 e. The number of carbonyl (C=O) groups is 1. The number of aryl methyl sites for hydroxylation is 1. The van der Waals surface area contributed by atoms with E-state index in [1.807, 2.05) is 24.5 Å². The molecule has 0 saturated heterocycles. The molecule has 3 aromatic rings. The zero-order valence-corrected chi connectivity index (χ0v) is 14.8. The molecule has 1 N–H and O–H groups in total. The molecule has 4 rings (SSSR count). The fraction of sp³-hybridized carbons (Fsp3) is 0.350. The van der Waals surface area contributed by atoms with Crippen molar-refractivity contribution in [3.05, 3.63) is 54.0 Å². The minimum absolute atomic E-state index is 0.102. The zero-order chi connectivity index (χ0) is 17.9. The number of aromatic nitrogens is 3. The molecule has 0 spiro atoms. The molecule has 0 unspecified atom stereocenters.